The molecule has 0 bridgehead atoms. The van der Waals surface area contributed by atoms with E-state index in [1.54, 1.807) is 26.4 Å². The van der Waals surface area contributed by atoms with Gasteiger partial charge in [-0.25, -0.2) is 0 Å². The average Bonchev–Trinajstić information content (AvgIpc) is 2.86. The molecular formula is C13H12N2O3. The zero-order valence-corrected chi connectivity index (χ0v) is 10.4. The molecule has 0 aliphatic rings. The van der Waals surface area contributed by atoms with Crippen molar-refractivity contribution in [1.82, 2.24) is 5.16 Å². The van der Waals surface area contributed by atoms with Crippen LogP contribution < -0.4 is 9.47 Å². The number of aryl methyl sites for hydroxylation is 1. The normalized spacial score (nSPS) is 9.89. The third-order valence-electron chi connectivity index (χ3n) is 2.62. The Hall–Kier alpha value is -2.48. The van der Waals surface area contributed by atoms with Crippen molar-refractivity contribution in [3.05, 3.63) is 29.5 Å². The summed E-state index contributed by atoms with van der Waals surface area (Å²) in [6.07, 6.45) is 0. The Bertz CT molecular complexity index is 611. The molecule has 0 saturated heterocycles. The highest BCUT2D eigenvalue weighted by Crippen LogP contribution is 2.35. The Kier molecular flexibility index (Phi) is 3.20. The molecule has 2 rings (SSSR count). The Morgan fingerprint density at radius 3 is 2.39 bits per heavy atom. The molecule has 1 aromatic heterocycles. The van der Waals surface area contributed by atoms with Crippen molar-refractivity contribution in [3.63, 3.8) is 0 Å². The molecule has 0 fully saturated rings. The first-order valence-corrected chi connectivity index (χ1v) is 5.29. The van der Waals surface area contributed by atoms with E-state index in [2.05, 4.69) is 5.16 Å². The van der Waals surface area contributed by atoms with Crippen molar-refractivity contribution >= 4 is 0 Å². The fraction of sp³-hybridized carbons (Fsp3) is 0.231. The number of nitriles is 1. The van der Waals surface area contributed by atoms with E-state index in [1.807, 2.05) is 19.1 Å². The summed E-state index contributed by atoms with van der Waals surface area (Å²) >= 11 is 0. The van der Waals surface area contributed by atoms with E-state index in [0.29, 0.717) is 17.3 Å². The van der Waals surface area contributed by atoms with Gasteiger partial charge in [0, 0.05) is 11.6 Å². The van der Waals surface area contributed by atoms with Crippen molar-refractivity contribution in [1.29, 1.82) is 5.26 Å². The summed E-state index contributed by atoms with van der Waals surface area (Å²) in [5.74, 6) is 1.79. The molecule has 5 heteroatoms. The van der Waals surface area contributed by atoms with E-state index in [9.17, 15) is 0 Å². The quantitative estimate of drug-likeness (QED) is 0.829. The Morgan fingerprint density at radius 1 is 1.17 bits per heavy atom. The molecule has 0 amide bonds. The minimum absolute atomic E-state index is 0.249. The number of aromatic nitrogens is 1. The maximum atomic E-state index is 8.73. The SMILES string of the molecule is COc1cc(C)c(-c2cc(C#N)no2)cc1OC. The van der Waals surface area contributed by atoms with Crippen molar-refractivity contribution in [2.24, 2.45) is 0 Å². The van der Waals surface area contributed by atoms with E-state index in [-0.39, 0.29) is 5.69 Å². The van der Waals surface area contributed by atoms with E-state index in [4.69, 9.17) is 19.3 Å². The van der Waals surface area contributed by atoms with Gasteiger partial charge in [0.1, 0.15) is 6.07 Å². The predicted molar refractivity (Wildman–Crippen MR) is 64.5 cm³/mol. The zero-order valence-electron chi connectivity index (χ0n) is 10.4. The van der Waals surface area contributed by atoms with Gasteiger partial charge in [-0.05, 0) is 24.6 Å². The molecule has 1 heterocycles. The number of rotatable bonds is 3. The molecule has 92 valence electrons. The van der Waals surface area contributed by atoms with Crippen molar-refractivity contribution in [2.45, 2.75) is 6.92 Å². The molecule has 0 aliphatic heterocycles. The Morgan fingerprint density at radius 2 is 1.83 bits per heavy atom. The first kappa shape index (κ1) is 12.0. The molecule has 1 aromatic carbocycles. The lowest BCUT2D eigenvalue weighted by molar-refractivity contribution is 0.354. The van der Waals surface area contributed by atoms with E-state index < -0.39 is 0 Å². The van der Waals surface area contributed by atoms with Crippen LogP contribution in [0.1, 0.15) is 11.3 Å². The zero-order chi connectivity index (χ0) is 13.1. The van der Waals surface area contributed by atoms with Gasteiger partial charge in [0.2, 0.25) is 0 Å². The molecule has 5 nitrogen and oxygen atoms in total. The van der Waals surface area contributed by atoms with Crippen LogP contribution in [-0.4, -0.2) is 19.4 Å². The van der Waals surface area contributed by atoms with Gasteiger partial charge < -0.3 is 14.0 Å². The van der Waals surface area contributed by atoms with Gasteiger partial charge in [0.05, 0.1) is 14.2 Å². The summed E-state index contributed by atoms with van der Waals surface area (Å²) in [6, 6.07) is 7.17. The van der Waals surface area contributed by atoms with Gasteiger partial charge in [0.15, 0.2) is 23.0 Å². The van der Waals surface area contributed by atoms with Crippen LogP contribution in [0.5, 0.6) is 11.5 Å². The molecule has 18 heavy (non-hydrogen) atoms. The second-order valence-electron chi connectivity index (χ2n) is 3.71. The molecule has 0 unspecified atom stereocenters. The van der Waals surface area contributed by atoms with Crippen molar-refractivity contribution in [2.75, 3.05) is 14.2 Å². The minimum atomic E-state index is 0.249. The Labute approximate surface area is 105 Å². The second kappa shape index (κ2) is 4.80. The van der Waals surface area contributed by atoms with Crippen LogP contribution in [0.25, 0.3) is 11.3 Å². The van der Waals surface area contributed by atoms with Gasteiger partial charge >= 0.3 is 0 Å². The predicted octanol–water partition coefficient (Wildman–Crippen LogP) is 2.54. The highest BCUT2D eigenvalue weighted by Gasteiger charge is 2.14. The number of ether oxygens (including phenoxy) is 2. The van der Waals surface area contributed by atoms with E-state index in [1.165, 1.54) is 0 Å². The second-order valence-corrected chi connectivity index (χ2v) is 3.71. The van der Waals surface area contributed by atoms with Gasteiger partial charge in [-0.1, -0.05) is 5.16 Å². The first-order valence-electron chi connectivity index (χ1n) is 5.29. The lowest BCUT2D eigenvalue weighted by Crippen LogP contribution is -1.93. The fourth-order valence-corrected chi connectivity index (χ4v) is 1.70. The lowest BCUT2D eigenvalue weighted by Gasteiger charge is -2.10. The fourth-order valence-electron chi connectivity index (χ4n) is 1.70. The molecule has 0 saturated carbocycles. The minimum Gasteiger partial charge on any atom is -0.493 e. The molecule has 0 atom stereocenters. The third-order valence-corrected chi connectivity index (χ3v) is 2.62. The first-order chi connectivity index (χ1) is 8.69. The maximum absolute atomic E-state index is 8.73. The highest BCUT2D eigenvalue weighted by molar-refractivity contribution is 5.67. The number of hydrogen-bond acceptors (Lipinski definition) is 5. The van der Waals surface area contributed by atoms with E-state index in [0.717, 1.165) is 11.1 Å². The number of hydrogen-bond donors (Lipinski definition) is 0. The number of nitrogens with zero attached hydrogens (tertiary/aromatic N) is 2. The topological polar surface area (TPSA) is 68.3 Å². The van der Waals surface area contributed by atoms with Gasteiger partial charge in [-0.15, -0.1) is 0 Å². The van der Waals surface area contributed by atoms with Gasteiger partial charge in [0.25, 0.3) is 0 Å². The van der Waals surface area contributed by atoms with Crippen LogP contribution in [0.3, 0.4) is 0 Å². The average molecular weight is 244 g/mol. The van der Waals surface area contributed by atoms with Gasteiger partial charge in [-0.3, -0.25) is 0 Å². The van der Waals surface area contributed by atoms with Crippen molar-refractivity contribution < 1.29 is 14.0 Å². The largest absolute Gasteiger partial charge is 0.493 e. The maximum Gasteiger partial charge on any atom is 0.184 e. The summed E-state index contributed by atoms with van der Waals surface area (Å²) in [5, 5.41) is 12.4. The van der Waals surface area contributed by atoms with Crippen LogP contribution >= 0.6 is 0 Å². The van der Waals surface area contributed by atoms with Crippen LogP contribution in [0, 0.1) is 18.3 Å². The van der Waals surface area contributed by atoms with Gasteiger partial charge in [-0.2, -0.15) is 5.26 Å². The summed E-state index contributed by atoms with van der Waals surface area (Å²) in [4.78, 5) is 0. The van der Waals surface area contributed by atoms with Crippen LogP contribution in [-0.2, 0) is 0 Å². The number of benzene rings is 1. The third kappa shape index (κ3) is 2.00. The molecule has 0 spiro atoms. The summed E-state index contributed by atoms with van der Waals surface area (Å²) in [6.45, 7) is 1.92. The molecule has 2 aromatic rings. The standard InChI is InChI=1S/C13H12N2O3/c1-8-4-12(16-2)13(17-3)6-10(8)11-5-9(7-14)15-18-11/h4-6H,1-3H3. The van der Waals surface area contributed by atoms with Crippen molar-refractivity contribution in [3.8, 4) is 28.9 Å². The lowest BCUT2D eigenvalue weighted by atomic mass is 10.1. The molecule has 0 radical (unpaired) electrons. The smallest absolute Gasteiger partial charge is 0.184 e. The summed E-state index contributed by atoms with van der Waals surface area (Å²) in [7, 11) is 3.15. The van der Waals surface area contributed by atoms with E-state index >= 15 is 0 Å². The molecular weight excluding hydrogens is 232 g/mol. The highest BCUT2D eigenvalue weighted by atomic mass is 16.5. The summed E-state index contributed by atoms with van der Waals surface area (Å²) in [5.41, 5.74) is 2.02. The van der Waals surface area contributed by atoms with Crippen LogP contribution in [0.2, 0.25) is 0 Å². The molecule has 0 aliphatic carbocycles. The summed E-state index contributed by atoms with van der Waals surface area (Å²) < 4.78 is 15.6. The Balaban J connectivity index is 2.54. The van der Waals surface area contributed by atoms with Crippen LogP contribution in [0.15, 0.2) is 22.7 Å². The number of methoxy groups -OCH3 is 2. The van der Waals surface area contributed by atoms with Crippen LogP contribution in [0.4, 0.5) is 0 Å². The monoisotopic (exact) mass is 244 g/mol. The molecule has 0 N–H and O–H groups in total.